The Balaban J connectivity index is 2.28. The van der Waals surface area contributed by atoms with E-state index in [1.807, 2.05) is 0 Å². The molecular weight excluding hydrogens is 192 g/mol. The van der Waals surface area contributed by atoms with Crippen molar-refractivity contribution in [3.05, 3.63) is 0 Å². The third-order valence-electron chi connectivity index (χ3n) is 2.95. The van der Waals surface area contributed by atoms with Gasteiger partial charge in [-0.1, -0.05) is 20.3 Å². The second-order valence-electron chi connectivity index (χ2n) is 4.34. The quantitative estimate of drug-likeness (QED) is 0.726. The van der Waals surface area contributed by atoms with Crippen molar-refractivity contribution in [1.29, 1.82) is 0 Å². The fraction of sp³-hybridized carbons (Fsp3) is 0.909. The molecule has 1 amide bonds. The van der Waals surface area contributed by atoms with Crippen molar-refractivity contribution in [2.45, 2.75) is 39.2 Å². The Morgan fingerprint density at radius 1 is 1.60 bits per heavy atom. The Bertz CT molecular complexity index is 209. The van der Waals surface area contributed by atoms with Gasteiger partial charge in [0, 0.05) is 19.1 Å². The summed E-state index contributed by atoms with van der Waals surface area (Å²) in [6.07, 6.45) is 2.69. The van der Waals surface area contributed by atoms with Gasteiger partial charge < -0.3 is 15.4 Å². The minimum absolute atomic E-state index is 0.179. The predicted octanol–water partition coefficient (Wildman–Crippen LogP) is 1.59. The van der Waals surface area contributed by atoms with Crippen molar-refractivity contribution in [3.63, 3.8) is 0 Å². The number of likely N-dealkylation sites (tertiary alicyclic amines) is 1. The predicted molar refractivity (Wildman–Crippen MR) is 59.6 cm³/mol. The number of rotatable bonds is 3. The molecule has 0 aromatic carbocycles. The molecule has 15 heavy (non-hydrogen) atoms. The molecule has 1 fully saturated rings. The van der Waals surface area contributed by atoms with Crippen molar-refractivity contribution >= 4 is 6.09 Å². The van der Waals surface area contributed by atoms with Crippen LogP contribution in [0.2, 0.25) is 0 Å². The number of piperidine rings is 1. The highest BCUT2D eigenvalue weighted by molar-refractivity contribution is 5.67. The summed E-state index contributed by atoms with van der Waals surface area (Å²) < 4.78 is 5.15. The molecule has 0 saturated carbocycles. The van der Waals surface area contributed by atoms with Gasteiger partial charge in [-0.15, -0.1) is 0 Å². The highest BCUT2D eigenvalue weighted by atomic mass is 16.6. The summed E-state index contributed by atoms with van der Waals surface area (Å²) in [5.41, 5.74) is 5.88. The summed E-state index contributed by atoms with van der Waals surface area (Å²) in [6, 6.07) is 0.227. The maximum atomic E-state index is 11.6. The molecule has 0 spiro atoms. The van der Waals surface area contributed by atoms with Crippen LogP contribution in [0, 0.1) is 5.92 Å². The molecule has 2 N–H and O–H groups in total. The monoisotopic (exact) mass is 214 g/mol. The van der Waals surface area contributed by atoms with E-state index in [-0.39, 0.29) is 12.1 Å². The molecule has 0 bridgehead atoms. The first-order valence-corrected chi connectivity index (χ1v) is 5.82. The molecule has 1 saturated heterocycles. The van der Waals surface area contributed by atoms with Gasteiger partial charge in [0.25, 0.3) is 0 Å². The maximum Gasteiger partial charge on any atom is 0.409 e. The van der Waals surface area contributed by atoms with Crippen LogP contribution >= 0.6 is 0 Å². The number of ether oxygens (including phenoxy) is 1. The third kappa shape index (κ3) is 3.70. The van der Waals surface area contributed by atoms with E-state index in [4.69, 9.17) is 10.5 Å². The van der Waals surface area contributed by atoms with Crippen molar-refractivity contribution in [2.75, 3.05) is 19.7 Å². The van der Waals surface area contributed by atoms with Gasteiger partial charge in [-0.05, 0) is 18.8 Å². The second kappa shape index (κ2) is 5.95. The van der Waals surface area contributed by atoms with E-state index in [0.717, 1.165) is 32.4 Å². The number of hydrogen-bond acceptors (Lipinski definition) is 3. The van der Waals surface area contributed by atoms with Gasteiger partial charge in [0.2, 0.25) is 0 Å². The molecule has 1 heterocycles. The first-order valence-electron chi connectivity index (χ1n) is 5.82. The number of hydrogen-bond donors (Lipinski definition) is 1. The molecule has 4 nitrogen and oxygen atoms in total. The molecule has 0 aromatic rings. The molecule has 88 valence electrons. The van der Waals surface area contributed by atoms with Gasteiger partial charge in [0.05, 0.1) is 6.61 Å². The molecule has 1 aliphatic rings. The van der Waals surface area contributed by atoms with Crippen LogP contribution in [0.5, 0.6) is 0 Å². The zero-order chi connectivity index (χ0) is 11.3. The third-order valence-corrected chi connectivity index (χ3v) is 2.95. The lowest BCUT2D eigenvalue weighted by molar-refractivity contribution is 0.0814. The summed E-state index contributed by atoms with van der Waals surface area (Å²) in [5.74, 6) is 0.373. The van der Waals surface area contributed by atoms with Gasteiger partial charge in [0.1, 0.15) is 0 Å². The molecular formula is C11H22N2O2. The molecule has 0 radical (unpaired) electrons. The molecule has 0 aliphatic carbocycles. The highest BCUT2D eigenvalue weighted by Crippen LogP contribution is 2.15. The first kappa shape index (κ1) is 12.3. The van der Waals surface area contributed by atoms with Gasteiger partial charge in [0.15, 0.2) is 0 Å². The van der Waals surface area contributed by atoms with Gasteiger partial charge in [-0.2, -0.15) is 0 Å². The van der Waals surface area contributed by atoms with Crippen molar-refractivity contribution in [3.8, 4) is 0 Å². The van der Waals surface area contributed by atoms with E-state index >= 15 is 0 Å². The lowest BCUT2D eigenvalue weighted by Crippen LogP contribution is -2.48. The Kier molecular flexibility index (Phi) is 4.88. The van der Waals surface area contributed by atoms with Crippen LogP contribution in [0.15, 0.2) is 0 Å². The van der Waals surface area contributed by atoms with Crippen LogP contribution in [-0.2, 0) is 4.74 Å². The molecule has 2 atom stereocenters. The Labute approximate surface area is 91.8 Å². The molecule has 4 heteroatoms. The zero-order valence-corrected chi connectivity index (χ0v) is 9.74. The zero-order valence-electron chi connectivity index (χ0n) is 9.74. The van der Waals surface area contributed by atoms with Gasteiger partial charge in [-0.3, -0.25) is 0 Å². The van der Waals surface area contributed by atoms with E-state index in [9.17, 15) is 4.79 Å². The number of amides is 1. The maximum absolute atomic E-state index is 11.6. The lowest BCUT2D eigenvalue weighted by Gasteiger charge is -2.34. The molecule has 1 aliphatic heterocycles. The van der Waals surface area contributed by atoms with Crippen LogP contribution in [0.1, 0.15) is 33.1 Å². The molecule has 1 rings (SSSR count). The SMILES string of the molecule is CCCCOC(=O)N1CC[C@H](N)[C@H](C)C1. The first-order chi connectivity index (χ1) is 7.15. The topological polar surface area (TPSA) is 55.6 Å². The van der Waals surface area contributed by atoms with Crippen LogP contribution < -0.4 is 5.73 Å². The largest absolute Gasteiger partial charge is 0.449 e. The number of nitrogens with zero attached hydrogens (tertiary/aromatic N) is 1. The Hall–Kier alpha value is -0.770. The lowest BCUT2D eigenvalue weighted by atomic mass is 9.95. The van der Waals surface area contributed by atoms with Crippen LogP contribution in [0.25, 0.3) is 0 Å². The number of unbranched alkanes of at least 4 members (excludes halogenated alkanes) is 1. The Morgan fingerprint density at radius 2 is 2.33 bits per heavy atom. The second-order valence-corrected chi connectivity index (χ2v) is 4.34. The van der Waals surface area contributed by atoms with E-state index in [1.165, 1.54) is 0 Å². The van der Waals surface area contributed by atoms with Gasteiger partial charge >= 0.3 is 6.09 Å². The standard InChI is InChI=1S/C11H22N2O2/c1-3-4-7-15-11(14)13-6-5-10(12)9(2)8-13/h9-10H,3-8,12H2,1-2H3/t9-,10+/m1/s1. The average molecular weight is 214 g/mol. The smallest absolute Gasteiger partial charge is 0.409 e. The number of carbonyl (C=O) groups excluding carboxylic acids is 1. The normalized spacial score (nSPS) is 26.5. The molecule has 0 aromatic heterocycles. The molecule has 0 unspecified atom stereocenters. The highest BCUT2D eigenvalue weighted by Gasteiger charge is 2.26. The number of carbonyl (C=O) groups is 1. The summed E-state index contributed by atoms with van der Waals surface area (Å²) in [6.45, 7) is 6.15. The minimum atomic E-state index is -0.179. The number of nitrogens with two attached hydrogens (primary N) is 1. The van der Waals surface area contributed by atoms with Crippen molar-refractivity contribution in [2.24, 2.45) is 11.7 Å². The van der Waals surface area contributed by atoms with E-state index < -0.39 is 0 Å². The minimum Gasteiger partial charge on any atom is -0.449 e. The van der Waals surface area contributed by atoms with Crippen molar-refractivity contribution in [1.82, 2.24) is 4.90 Å². The fourth-order valence-electron chi connectivity index (χ4n) is 1.72. The van der Waals surface area contributed by atoms with E-state index in [1.54, 1.807) is 4.90 Å². The van der Waals surface area contributed by atoms with Crippen molar-refractivity contribution < 1.29 is 9.53 Å². The Morgan fingerprint density at radius 3 is 2.93 bits per heavy atom. The van der Waals surface area contributed by atoms with Crippen LogP contribution in [0.3, 0.4) is 0 Å². The summed E-state index contributed by atoms with van der Waals surface area (Å²) in [4.78, 5) is 13.4. The summed E-state index contributed by atoms with van der Waals surface area (Å²) in [5, 5.41) is 0. The fourth-order valence-corrected chi connectivity index (χ4v) is 1.72. The van der Waals surface area contributed by atoms with Crippen LogP contribution in [-0.4, -0.2) is 36.7 Å². The summed E-state index contributed by atoms with van der Waals surface area (Å²) in [7, 11) is 0. The summed E-state index contributed by atoms with van der Waals surface area (Å²) >= 11 is 0. The van der Waals surface area contributed by atoms with Gasteiger partial charge in [-0.25, -0.2) is 4.79 Å². The van der Waals surface area contributed by atoms with E-state index in [0.29, 0.717) is 12.5 Å². The van der Waals surface area contributed by atoms with Crippen LogP contribution in [0.4, 0.5) is 4.79 Å². The van der Waals surface area contributed by atoms with E-state index in [2.05, 4.69) is 13.8 Å². The average Bonchev–Trinajstić information content (AvgIpc) is 2.22.